The Morgan fingerprint density at radius 1 is 1.16 bits per heavy atom. The lowest BCUT2D eigenvalue weighted by Crippen LogP contribution is -2.35. The number of benzene rings is 2. The zero-order valence-electron chi connectivity index (χ0n) is 14.7. The van der Waals surface area contributed by atoms with Crippen molar-refractivity contribution < 1.29 is 9.18 Å². The Morgan fingerprint density at radius 3 is 2.44 bits per heavy atom. The minimum atomic E-state index is -0.511. The van der Waals surface area contributed by atoms with Crippen LogP contribution in [0.25, 0.3) is 0 Å². The molecule has 3 nitrogen and oxygen atoms in total. The molecule has 1 fully saturated rings. The average molecular weight is 361 g/mol. The Labute approximate surface area is 153 Å². The SMILES string of the molecule is Cc1ccc([C@@H]2CN(C(=O)c3ccc(F)c(Cl)c3)C[C@H]2N(C)C)cc1. The van der Waals surface area contributed by atoms with Crippen LogP contribution in [-0.2, 0) is 0 Å². The predicted molar refractivity (Wildman–Crippen MR) is 98.7 cm³/mol. The van der Waals surface area contributed by atoms with Gasteiger partial charge >= 0.3 is 0 Å². The van der Waals surface area contributed by atoms with Gasteiger partial charge in [0.1, 0.15) is 5.82 Å². The molecule has 0 saturated carbocycles. The van der Waals surface area contributed by atoms with E-state index in [9.17, 15) is 9.18 Å². The second-order valence-electron chi connectivity index (χ2n) is 6.89. The van der Waals surface area contributed by atoms with Gasteiger partial charge in [-0.05, 0) is 44.8 Å². The Bertz CT molecular complexity index is 776. The summed E-state index contributed by atoms with van der Waals surface area (Å²) in [5.41, 5.74) is 2.88. The van der Waals surface area contributed by atoms with Crippen LogP contribution in [0.5, 0.6) is 0 Å². The number of rotatable bonds is 3. The lowest BCUT2D eigenvalue weighted by Gasteiger charge is -2.25. The minimum Gasteiger partial charge on any atom is -0.336 e. The van der Waals surface area contributed by atoms with Crippen molar-refractivity contribution in [2.45, 2.75) is 18.9 Å². The summed E-state index contributed by atoms with van der Waals surface area (Å²) in [4.78, 5) is 16.8. The van der Waals surface area contributed by atoms with E-state index < -0.39 is 5.82 Å². The van der Waals surface area contributed by atoms with Gasteiger partial charge in [-0.1, -0.05) is 41.4 Å². The van der Waals surface area contributed by atoms with Crippen molar-refractivity contribution in [3.05, 3.63) is 70.0 Å². The molecule has 0 radical (unpaired) electrons. The monoisotopic (exact) mass is 360 g/mol. The number of hydrogen-bond donors (Lipinski definition) is 0. The van der Waals surface area contributed by atoms with Gasteiger partial charge in [0.2, 0.25) is 0 Å². The smallest absolute Gasteiger partial charge is 0.253 e. The Balaban J connectivity index is 1.85. The highest BCUT2D eigenvalue weighted by atomic mass is 35.5. The van der Waals surface area contributed by atoms with Crippen LogP contribution in [-0.4, -0.2) is 48.9 Å². The largest absolute Gasteiger partial charge is 0.336 e. The Kier molecular flexibility index (Phi) is 5.11. The van der Waals surface area contributed by atoms with Crippen molar-refractivity contribution in [2.24, 2.45) is 0 Å². The number of halogens is 2. The van der Waals surface area contributed by atoms with Crippen molar-refractivity contribution in [3.8, 4) is 0 Å². The molecule has 132 valence electrons. The molecule has 0 unspecified atom stereocenters. The molecule has 5 heteroatoms. The van der Waals surface area contributed by atoms with Crippen molar-refractivity contribution in [1.29, 1.82) is 0 Å². The summed E-state index contributed by atoms with van der Waals surface area (Å²) in [6.45, 7) is 3.34. The van der Waals surface area contributed by atoms with E-state index in [4.69, 9.17) is 11.6 Å². The summed E-state index contributed by atoms with van der Waals surface area (Å²) in [5.74, 6) is -0.373. The number of hydrogen-bond acceptors (Lipinski definition) is 2. The Hall–Kier alpha value is -1.91. The van der Waals surface area contributed by atoms with Gasteiger partial charge in [-0.25, -0.2) is 4.39 Å². The van der Waals surface area contributed by atoms with Crippen molar-refractivity contribution in [3.63, 3.8) is 0 Å². The van der Waals surface area contributed by atoms with E-state index in [-0.39, 0.29) is 22.9 Å². The van der Waals surface area contributed by atoms with Crippen molar-refractivity contribution in [2.75, 3.05) is 27.2 Å². The third kappa shape index (κ3) is 3.70. The summed E-state index contributed by atoms with van der Waals surface area (Å²) < 4.78 is 13.4. The van der Waals surface area contributed by atoms with Crippen molar-refractivity contribution in [1.82, 2.24) is 9.80 Å². The van der Waals surface area contributed by atoms with Crippen LogP contribution in [0.2, 0.25) is 5.02 Å². The quantitative estimate of drug-likeness (QED) is 0.827. The fourth-order valence-corrected chi connectivity index (χ4v) is 3.61. The highest BCUT2D eigenvalue weighted by Gasteiger charge is 2.37. The van der Waals surface area contributed by atoms with Gasteiger partial charge in [-0.2, -0.15) is 0 Å². The molecule has 1 aliphatic heterocycles. The van der Waals surface area contributed by atoms with E-state index in [1.165, 1.54) is 29.3 Å². The lowest BCUT2D eigenvalue weighted by atomic mass is 9.93. The van der Waals surface area contributed by atoms with Crippen LogP contribution in [0, 0.1) is 12.7 Å². The normalized spacial score (nSPS) is 20.3. The van der Waals surface area contributed by atoms with Crippen molar-refractivity contribution >= 4 is 17.5 Å². The molecule has 2 aromatic carbocycles. The molecule has 25 heavy (non-hydrogen) atoms. The summed E-state index contributed by atoms with van der Waals surface area (Å²) in [5, 5.41) is -0.0238. The highest BCUT2D eigenvalue weighted by Crippen LogP contribution is 2.31. The first-order valence-corrected chi connectivity index (χ1v) is 8.72. The fourth-order valence-electron chi connectivity index (χ4n) is 3.43. The van der Waals surface area contributed by atoms with Gasteiger partial charge in [-0.3, -0.25) is 4.79 Å². The number of likely N-dealkylation sites (N-methyl/N-ethyl adjacent to an activating group) is 1. The summed E-state index contributed by atoms with van der Waals surface area (Å²) in [6, 6.07) is 12.9. The van der Waals surface area contributed by atoms with E-state index in [1.807, 2.05) is 19.0 Å². The molecular weight excluding hydrogens is 339 g/mol. The molecule has 3 rings (SSSR count). The summed E-state index contributed by atoms with van der Waals surface area (Å²) in [7, 11) is 4.07. The first-order valence-electron chi connectivity index (χ1n) is 8.34. The van der Waals surface area contributed by atoms with E-state index in [0.717, 1.165) is 0 Å². The zero-order valence-corrected chi connectivity index (χ0v) is 15.4. The molecule has 2 aromatic rings. The second kappa shape index (κ2) is 7.14. The molecule has 1 amide bonds. The third-order valence-electron chi connectivity index (χ3n) is 4.91. The van der Waals surface area contributed by atoms with Gasteiger partial charge in [-0.15, -0.1) is 0 Å². The van der Waals surface area contributed by atoms with Crippen LogP contribution < -0.4 is 0 Å². The van der Waals surface area contributed by atoms with E-state index in [0.29, 0.717) is 18.7 Å². The van der Waals surface area contributed by atoms with Crippen LogP contribution in [0.4, 0.5) is 4.39 Å². The molecule has 1 heterocycles. The number of likely N-dealkylation sites (tertiary alicyclic amines) is 1. The van der Waals surface area contributed by atoms with E-state index in [1.54, 1.807) is 0 Å². The zero-order chi connectivity index (χ0) is 18.1. The number of carbonyl (C=O) groups is 1. The molecule has 0 spiro atoms. The van der Waals surface area contributed by atoms with Crippen LogP contribution >= 0.6 is 11.6 Å². The first-order chi connectivity index (χ1) is 11.9. The van der Waals surface area contributed by atoms with Crippen LogP contribution in [0.1, 0.15) is 27.4 Å². The molecule has 1 saturated heterocycles. The number of amides is 1. The second-order valence-corrected chi connectivity index (χ2v) is 7.29. The van der Waals surface area contributed by atoms with E-state index >= 15 is 0 Å². The average Bonchev–Trinajstić information content (AvgIpc) is 3.03. The number of carbonyl (C=O) groups excluding carboxylic acids is 1. The number of aryl methyl sites for hydroxylation is 1. The molecule has 2 atom stereocenters. The fraction of sp³-hybridized carbons (Fsp3) is 0.350. The molecule has 0 aliphatic carbocycles. The molecule has 1 aliphatic rings. The van der Waals surface area contributed by atoms with Gasteiger partial charge in [0, 0.05) is 30.6 Å². The molecule has 0 N–H and O–H groups in total. The molecule has 0 aromatic heterocycles. The topological polar surface area (TPSA) is 23.6 Å². The van der Waals surface area contributed by atoms with Crippen LogP contribution in [0.15, 0.2) is 42.5 Å². The summed E-state index contributed by atoms with van der Waals surface area (Å²) >= 11 is 5.83. The number of nitrogens with zero attached hydrogens (tertiary/aromatic N) is 2. The van der Waals surface area contributed by atoms with Crippen LogP contribution in [0.3, 0.4) is 0 Å². The maximum Gasteiger partial charge on any atom is 0.253 e. The maximum absolute atomic E-state index is 13.4. The highest BCUT2D eigenvalue weighted by molar-refractivity contribution is 6.31. The van der Waals surface area contributed by atoms with Gasteiger partial charge in [0.25, 0.3) is 5.91 Å². The molecular formula is C20H22ClFN2O. The predicted octanol–water partition coefficient (Wildman–Crippen LogP) is 3.96. The van der Waals surface area contributed by atoms with Gasteiger partial charge in [0.15, 0.2) is 0 Å². The summed E-state index contributed by atoms with van der Waals surface area (Å²) in [6.07, 6.45) is 0. The molecule has 0 bridgehead atoms. The lowest BCUT2D eigenvalue weighted by molar-refractivity contribution is 0.0782. The van der Waals surface area contributed by atoms with Gasteiger partial charge in [0.05, 0.1) is 5.02 Å². The van der Waals surface area contributed by atoms with Gasteiger partial charge < -0.3 is 9.80 Å². The Morgan fingerprint density at radius 2 is 1.84 bits per heavy atom. The first kappa shape index (κ1) is 17.9. The van der Waals surface area contributed by atoms with E-state index in [2.05, 4.69) is 36.1 Å². The standard InChI is InChI=1S/C20H22ClFN2O/c1-13-4-6-14(7-5-13)16-11-24(12-19(16)23(2)3)20(25)15-8-9-18(22)17(21)10-15/h4-10,16,19H,11-12H2,1-3H3/t16-,19+/m0/s1. The third-order valence-corrected chi connectivity index (χ3v) is 5.20. The minimum absolute atomic E-state index is 0.0238. The maximum atomic E-state index is 13.4.